The van der Waals surface area contributed by atoms with Gasteiger partial charge in [-0.1, -0.05) is 0 Å². The third kappa shape index (κ3) is 6.56. The predicted molar refractivity (Wildman–Crippen MR) is 46.9 cm³/mol. The molecule has 0 aromatic carbocycles. The maximum Gasteiger partial charge on any atom is 0.525 e. The summed E-state index contributed by atoms with van der Waals surface area (Å²) in [5, 5.41) is -3.79. The first-order valence-corrected chi connectivity index (χ1v) is 5.67. The number of quaternary nitrogens is 1. The van der Waals surface area contributed by atoms with E-state index in [1.54, 1.807) is 0 Å². The Morgan fingerprint density at radius 2 is 1.53 bits per heavy atom. The van der Waals surface area contributed by atoms with Crippen LogP contribution in [0.4, 0.5) is 26.3 Å². The zero-order valence-electron chi connectivity index (χ0n) is 8.77. The average molecular weight is 315 g/mol. The van der Waals surface area contributed by atoms with Crippen molar-refractivity contribution >= 4 is 10.1 Å². The van der Waals surface area contributed by atoms with Gasteiger partial charge in [0.05, 0.1) is 12.4 Å². The number of hydrogen-bond donors (Lipinski definition) is 1. The summed E-state index contributed by atoms with van der Waals surface area (Å²) in [4.78, 5) is 0. The first-order chi connectivity index (χ1) is 8.38. The Balaban J connectivity index is 0.000000532. The second-order valence-electron chi connectivity index (χ2n) is 2.86. The summed E-state index contributed by atoms with van der Waals surface area (Å²) in [7, 11) is -6.56. The van der Waals surface area contributed by atoms with E-state index in [9.17, 15) is 39.3 Å². The Morgan fingerprint density at radius 1 is 1.11 bits per heavy atom. The summed E-state index contributed by atoms with van der Waals surface area (Å²) >= 11 is 0. The Kier molecular flexibility index (Phi) is 5.99. The number of alkyl halides is 6. The molecule has 0 saturated heterocycles. The van der Waals surface area contributed by atoms with Crippen LogP contribution in [0.2, 0.25) is 0 Å². The van der Waals surface area contributed by atoms with Crippen molar-refractivity contribution in [1.29, 1.82) is 0 Å². The molecule has 2 N–H and O–H groups in total. The van der Waals surface area contributed by atoms with Crippen molar-refractivity contribution in [3.8, 4) is 0 Å². The van der Waals surface area contributed by atoms with E-state index < -0.39 is 28.1 Å². The van der Waals surface area contributed by atoms with Gasteiger partial charge < -0.3 is 4.55 Å². The first kappa shape index (κ1) is 17.9. The van der Waals surface area contributed by atoms with E-state index in [0.29, 0.717) is 0 Å². The highest BCUT2D eigenvalue weighted by Gasteiger charge is 2.53. The van der Waals surface area contributed by atoms with Crippen LogP contribution in [-0.2, 0) is 14.9 Å². The zero-order valence-corrected chi connectivity index (χ0v) is 9.59. The largest absolute Gasteiger partial charge is 0.743 e. The minimum absolute atomic E-state index is 2.00. The fourth-order valence-electron chi connectivity index (χ4n) is 0.620. The molecule has 1 rings (SSSR count). The standard InChI is InChI=1S/C4H5N.C3H2F6O4S/c1-2-4-5-3-1;4-1(13-3(7,8)9)2(5,6)14(10,11)12/h1-5H;1H,(H,10,11,12). The van der Waals surface area contributed by atoms with Gasteiger partial charge in [-0.05, 0) is 12.2 Å². The summed E-state index contributed by atoms with van der Waals surface area (Å²) < 4.78 is 100. The van der Waals surface area contributed by atoms with E-state index in [1.807, 2.05) is 34.6 Å². The quantitative estimate of drug-likeness (QED) is 0.609. The molecule has 1 aliphatic heterocycles. The van der Waals surface area contributed by atoms with Gasteiger partial charge in [0, 0.05) is 0 Å². The fraction of sp³-hybridized carbons (Fsp3) is 0.429. The third-order valence-corrected chi connectivity index (χ3v) is 2.24. The topological polar surface area (TPSA) is 83.0 Å². The SMILES string of the molecule is C1=C[NH2+]C=C1.O=S(=O)([O-])C(F)(F)C(F)OC(F)(F)F. The summed E-state index contributed by atoms with van der Waals surface area (Å²) in [6.45, 7) is 0. The van der Waals surface area contributed by atoms with Gasteiger partial charge in [-0.2, -0.15) is 8.78 Å². The molecule has 19 heavy (non-hydrogen) atoms. The van der Waals surface area contributed by atoms with E-state index in [1.165, 1.54) is 0 Å². The fourth-order valence-corrected chi connectivity index (χ4v) is 0.895. The molecule has 1 unspecified atom stereocenters. The van der Waals surface area contributed by atoms with E-state index in [0.717, 1.165) is 0 Å². The molecular formula is C7H7F6NO4S. The molecule has 5 nitrogen and oxygen atoms in total. The molecule has 0 spiro atoms. The van der Waals surface area contributed by atoms with E-state index in [4.69, 9.17) is 0 Å². The molecule has 0 bridgehead atoms. The normalized spacial score (nSPS) is 17.0. The molecule has 0 fully saturated rings. The Labute approximate surface area is 103 Å². The van der Waals surface area contributed by atoms with Crippen LogP contribution in [0, 0.1) is 0 Å². The van der Waals surface area contributed by atoms with Gasteiger partial charge in [0.2, 0.25) is 0 Å². The minimum atomic E-state index is -6.56. The molecule has 0 amide bonds. The highest BCUT2D eigenvalue weighted by Crippen LogP contribution is 2.32. The first-order valence-electron chi connectivity index (χ1n) is 4.26. The van der Waals surface area contributed by atoms with Crippen molar-refractivity contribution in [2.45, 2.75) is 18.0 Å². The van der Waals surface area contributed by atoms with Gasteiger partial charge in [0.1, 0.15) is 0 Å². The van der Waals surface area contributed by atoms with Crippen LogP contribution in [-0.4, -0.2) is 30.9 Å². The van der Waals surface area contributed by atoms with Crippen LogP contribution >= 0.6 is 0 Å². The van der Waals surface area contributed by atoms with Crippen molar-refractivity contribution in [3.63, 3.8) is 0 Å². The number of nitrogens with two attached hydrogens (primary N) is 1. The smallest absolute Gasteiger partial charge is 0.525 e. The number of allylic oxidation sites excluding steroid dienone is 2. The van der Waals surface area contributed by atoms with Crippen LogP contribution in [0.15, 0.2) is 24.6 Å². The molecule has 0 saturated carbocycles. The number of rotatable bonds is 3. The van der Waals surface area contributed by atoms with Crippen LogP contribution in [0.1, 0.15) is 0 Å². The summed E-state index contributed by atoms with van der Waals surface area (Å²) in [6.07, 6.45) is -2.40. The molecule has 1 heterocycles. The van der Waals surface area contributed by atoms with Crippen LogP contribution in [0.5, 0.6) is 0 Å². The number of ether oxygens (including phenoxy) is 1. The lowest BCUT2D eigenvalue weighted by Crippen LogP contribution is -2.69. The van der Waals surface area contributed by atoms with Gasteiger partial charge in [0.15, 0.2) is 10.1 Å². The second-order valence-corrected chi connectivity index (χ2v) is 4.31. The second kappa shape index (κ2) is 6.36. The highest BCUT2D eigenvalue weighted by molar-refractivity contribution is 7.86. The lowest BCUT2D eigenvalue weighted by atomic mass is 10.6. The van der Waals surface area contributed by atoms with E-state index in [2.05, 4.69) is 0 Å². The van der Waals surface area contributed by atoms with Crippen molar-refractivity contribution < 1.29 is 49.4 Å². The molecule has 112 valence electrons. The predicted octanol–water partition coefficient (Wildman–Crippen LogP) is 0.547. The van der Waals surface area contributed by atoms with Crippen molar-refractivity contribution in [3.05, 3.63) is 24.6 Å². The Morgan fingerprint density at radius 3 is 1.74 bits per heavy atom. The van der Waals surface area contributed by atoms with E-state index in [-0.39, 0.29) is 0 Å². The van der Waals surface area contributed by atoms with Gasteiger partial charge in [-0.15, -0.1) is 13.2 Å². The van der Waals surface area contributed by atoms with Crippen molar-refractivity contribution in [2.75, 3.05) is 0 Å². The molecular weight excluding hydrogens is 308 g/mol. The van der Waals surface area contributed by atoms with Crippen molar-refractivity contribution in [1.82, 2.24) is 0 Å². The van der Waals surface area contributed by atoms with E-state index >= 15 is 0 Å². The lowest BCUT2D eigenvalue weighted by molar-refractivity contribution is -0.510. The molecule has 0 aliphatic carbocycles. The summed E-state index contributed by atoms with van der Waals surface area (Å²) in [5.41, 5.74) is 0. The molecule has 0 aromatic heterocycles. The minimum Gasteiger partial charge on any atom is -0.743 e. The monoisotopic (exact) mass is 315 g/mol. The van der Waals surface area contributed by atoms with Gasteiger partial charge in [-0.3, -0.25) is 5.32 Å². The number of hydrogen-bond acceptors (Lipinski definition) is 4. The molecule has 0 aromatic rings. The van der Waals surface area contributed by atoms with Gasteiger partial charge in [0.25, 0.3) is 6.36 Å². The summed E-state index contributed by atoms with van der Waals surface area (Å²) in [6, 6.07) is 0. The average Bonchev–Trinajstić information content (AvgIpc) is 2.70. The van der Waals surface area contributed by atoms with Crippen LogP contribution in [0.3, 0.4) is 0 Å². The third-order valence-electron chi connectivity index (χ3n) is 1.39. The number of halogens is 6. The molecule has 0 radical (unpaired) electrons. The molecule has 1 atom stereocenters. The Hall–Kier alpha value is -1.11. The molecule has 1 aliphatic rings. The molecule has 12 heteroatoms. The van der Waals surface area contributed by atoms with Gasteiger partial charge >= 0.3 is 11.6 Å². The highest BCUT2D eigenvalue weighted by atomic mass is 32.2. The maximum atomic E-state index is 12.0. The summed E-state index contributed by atoms with van der Waals surface area (Å²) in [5.74, 6) is 0. The zero-order chi connectivity index (χ0) is 15.3. The van der Waals surface area contributed by atoms with Gasteiger partial charge in [-0.25, -0.2) is 17.5 Å². The van der Waals surface area contributed by atoms with Crippen LogP contribution in [0.25, 0.3) is 0 Å². The van der Waals surface area contributed by atoms with Crippen LogP contribution < -0.4 is 5.32 Å². The van der Waals surface area contributed by atoms with Crippen molar-refractivity contribution in [2.24, 2.45) is 0 Å². The maximum absolute atomic E-state index is 12.0. The lowest BCUT2D eigenvalue weighted by Gasteiger charge is -2.23. The Bertz CT molecular complexity index is 433.